The molecule has 0 unspecified atom stereocenters. The van der Waals surface area contributed by atoms with Crippen molar-refractivity contribution in [3.63, 3.8) is 0 Å². The molecule has 17 heavy (non-hydrogen) atoms. The number of hydrogen-bond acceptors (Lipinski definition) is 5. The molecule has 0 radical (unpaired) electrons. The lowest BCUT2D eigenvalue weighted by molar-refractivity contribution is -0.384. The molecule has 0 bridgehead atoms. The average molecular weight is 256 g/mol. The lowest BCUT2D eigenvalue weighted by Crippen LogP contribution is -2.31. The highest BCUT2D eigenvalue weighted by Crippen LogP contribution is 2.26. The number of rotatable bonds is 5. The Morgan fingerprint density at radius 2 is 2.29 bits per heavy atom. The topological polar surface area (TPSA) is 92.5 Å². The van der Waals surface area contributed by atoms with Crippen LogP contribution in [-0.2, 0) is 4.79 Å². The first-order chi connectivity index (χ1) is 7.95. The smallest absolute Gasteiger partial charge is 0.326 e. The van der Waals surface area contributed by atoms with Gasteiger partial charge in [0.25, 0.3) is 5.69 Å². The fourth-order valence-electron chi connectivity index (χ4n) is 1.30. The number of benzene rings is 1. The van der Waals surface area contributed by atoms with Crippen LogP contribution in [0.1, 0.15) is 5.56 Å². The van der Waals surface area contributed by atoms with E-state index in [2.05, 4.69) is 17.9 Å². The number of aliphatic carboxylic acids is 1. The summed E-state index contributed by atoms with van der Waals surface area (Å²) in [5, 5.41) is 22.2. The highest BCUT2D eigenvalue weighted by Gasteiger charge is 2.20. The van der Waals surface area contributed by atoms with Crippen molar-refractivity contribution >= 4 is 30.0 Å². The minimum absolute atomic E-state index is 0.0421. The summed E-state index contributed by atoms with van der Waals surface area (Å²) in [6, 6.07) is 3.52. The van der Waals surface area contributed by atoms with Gasteiger partial charge in [0, 0.05) is 11.8 Å². The van der Waals surface area contributed by atoms with E-state index < -0.39 is 16.9 Å². The Morgan fingerprint density at radius 1 is 1.65 bits per heavy atom. The highest BCUT2D eigenvalue weighted by atomic mass is 32.1. The zero-order valence-electron chi connectivity index (χ0n) is 9.08. The first-order valence-electron chi connectivity index (χ1n) is 4.81. The number of nitro groups is 1. The van der Waals surface area contributed by atoms with Crippen molar-refractivity contribution in [2.45, 2.75) is 13.0 Å². The van der Waals surface area contributed by atoms with E-state index in [1.807, 2.05) is 0 Å². The van der Waals surface area contributed by atoms with Crippen LogP contribution in [0.5, 0.6) is 0 Å². The van der Waals surface area contributed by atoms with E-state index in [0.29, 0.717) is 0 Å². The fraction of sp³-hybridized carbons (Fsp3) is 0.300. The molecule has 0 aliphatic heterocycles. The Labute approximate surface area is 103 Å². The van der Waals surface area contributed by atoms with E-state index in [4.69, 9.17) is 5.11 Å². The zero-order valence-corrected chi connectivity index (χ0v) is 9.98. The van der Waals surface area contributed by atoms with Crippen LogP contribution in [-0.4, -0.2) is 27.8 Å². The number of carbonyl (C=O) groups is 1. The molecule has 1 rings (SSSR count). The van der Waals surface area contributed by atoms with Gasteiger partial charge in [-0.05, 0) is 18.6 Å². The van der Waals surface area contributed by atoms with Crippen molar-refractivity contribution in [2.75, 3.05) is 11.1 Å². The van der Waals surface area contributed by atoms with Gasteiger partial charge in [-0.25, -0.2) is 4.79 Å². The number of carboxylic acid groups (broad SMARTS) is 1. The van der Waals surface area contributed by atoms with E-state index in [1.165, 1.54) is 12.1 Å². The number of hydrogen-bond donors (Lipinski definition) is 3. The van der Waals surface area contributed by atoms with Gasteiger partial charge in [0.2, 0.25) is 0 Å². The van der Waals surface area contributed by atoms with Crippen LogP contribution in [0.3, 0.4) is 0 Å². The van der Waals surface area contributed by atoms with Crippen molar-refractivity contribution < 1.29 is 14.8 Å². The van der Waals surface area contributed by atoms with Crippen molar-refractivity contribution in [3.05, 3.63) is 33.9 Å². The normalized spacial score (nSPS) is 11.9. The van der Waals surface area contributed by atoms with Crippen LogP contribution >= 0.6 is 12.6 Å². The average Bonchev–Trinajstić information content (AvgIpc) is 2.25. The number of nitrogens with one attached hydrogen (secondary N) is 1. The summed E-state index contributed by atoms with van der Waals surface area (Å²) in [6.45, 7) is 1.77. The maximum Gasteiger partial charge on any atom is 0.326 e. The molecule has 7 heteroatoms. The van der Waals surface area contributed by atoms with Crippen LogP contribution in [0.2, 0.25) is 0 Å². The molecule has 0 heterocycles. The van der Waals surface area contributed by atoms with E-state index in [1.54, 1.807) is 13.0 Å². The van der Waals surface area contributed by atoms with Gasteiger partial charge in [-0.2, -0.15) is 12.6 Å². The number of thiol groups is 1. The monoisotopic (exact) mass is 256 g/mol. The van der Waals surface area contributed by atoms with Gasteiger partial charge in [-0.1, -0.05) is 6.07 Å². The second-order valence-corrected chi connectivity index (χ2v) is 3.86. The summed E-state index contributed by atoms with van der Waals surface area (Å²) in [4.78, 5) is 21.0. The molecule has 0 aliphatic carbocycles. The first kappa shape index (κ1) is 13.3. The third-order valence-corrected chi connectivity index (χ3v) is 2.52. The summed E-state index contributed by atoms with van der Waals surface area (Å²) >= 11 is 3.88. The number of anilines is 1. The number of carboxylic acids is 1. The summed E-state index contributed by atoms with van der Waals surface area (Å²) in [5.41, 5.74) is 0.849. The van der Waals surface area contributed by atoms with Gasteiger partial charge in [0.1, 0.15) is 11.7 Å². The van der Waals surface area contributed by atoms with Gasteiger partial charge in [-0.15, -0.1) is 0 Å². The Balaban J connectivity index is 3.07. The first-order valence-corrected chi connectivity index (χ1v) is 5.44. The van der Waals surface area contributed by atoms with Crippen molar-refractivity contribution in [2.24, 2.45) is 0 Å². The minimum atomic E-state index is -1.10. The fourth-order valence-corrected chi connectivity index (χ4v) is 1.55. The summed E-state index contributed by atoms with van der Waals surface area (Å²) in [6.07, 6.45) is 0. The Morgan fingerprint density at radius 3 is 2.76 bits per heavy atom. The number of aryl methyl sites for hydroxylation is 1. The van der Waals surface area contributed by atoms with Crippen LogP contribution in [0.15, 0.2) is 18.2 Å². The molecule has 0 saturated carbocycles. The summed E-state index contributed by atoms with van der Waals surface area (Å²) in [7, 11) is 0. The molecule has 0 spiro atoms. The molecule has 1 atom stereocenters. The molecular formula is C10H12N2O4S. The Kier molecular flexibility index (Phi) is 4.33. The molecule has 1 aromatic rings. The molecule has 2 N–H and O–H groups in total. The van der Waals surface area contributed by atoms with Gasteiger partial charge in [0.15, 0.2) is 0 Å². The molecule has 92 valence electrons. The van der Waals surface area contributed by atoms with Crippen LogP contribution in [0.25, 0.3) is 0 Å². The predicted octanol–water partition coefficient (Wildman–Crippen LogP) is 1.70. The lowest BCUT2D eigenvalue weighted by atomic mass is 10.2. The maximum atomic E-state index is 10.8. The van der Waals surface area contributed by atoms with E-state index in [0.717, 1.165) is 5.56 Å². The van der Waals surface area contributed by atoms with Crippen molar-refractivity contribution in [3.8, 4) is 0 Å². The zero-order chi connectivity index (χ0) is 13.0. The lowest BCUT2D eigenvalue weighted by Gasteiger charge is -2.13. The Bertz CT molecular complexity index is 450. The molecular weight excluding hydrogens is 244 g/mol. The minimum Gasteiger partial charge on any atom is -0.480 e. The summed E-state index contributed by atoms with van der Waals surface area (Å²) in [5.74, 6) is -1.06. The van der Waals surface area contributed by atoms with Gasteiger partial charge in [-0.3, -0.25) is 10.1 Å². The SMILES string of the molecule is Cc1ccc([N+](=O)[O-])c(N[C@H](CS)C(=O)O)c1. The van der Waals surface area contributed by atoms with E-state index in [-0.39, 0.29) is 17.1 Å². The second kappa shape index (κ2) is 5.53. The Hall–Kier alpha value is -1.76. The third kappa shape index (κ3) is 3.35. The molecule has 0 aliphatic rings. The molecule has 6 nitrogen and oxygen atoms in total. The van der Waals surface area contributed by atoms with Crippen LogP contribution < -0.4 is 5.32 Å². The molecule has 0 aromatic heterocycles. The van der Waals surface area contributed by atoms with Crippen LogP contribution in [0, 0.1) is 17.0 Å². The summed E-state index contributed by atoms with van der Waals surface area (Å²) < 4.78 is 0. The largest absolute Gasteiger partial charge is 0.480 e. The third-order valence-electron chi connectivity index (χ3n) is 2.16. The molecule has 0 saturated heterocycles. The van der Waals surface area contributed by atoms with Crippen LogP contribution in [0.4, 0.5) is 11.4 Å². The molecule has 0 fully saturated rings. The second-order valence-electron chi connectivity index (χ2n) is 3.50. The number of nitro benzene ring substituents is 1. The standard InChI is InChI=1S/C10H12N2O4S/c1-6-2-3-9(12(15)16)7(4-6)11-8(5-17)10(13)14/h2-4,8,11,17H,5H2,1H3,(H,13,14)/t8-/m1/s1. The van der Waals surface area contributed by atoms with Gasteiger partial charge >= 0.3 is 5.97 Å². The highest BCUT2D eigenvalue weighted by molar-refractivity contribution is 7.80. The number of nitrogens with zero attached hydrogens (tertiary/aromatic N) is 1. The van der Waals surface area contributed by atoms with E-state index >= 15 is 0 Å². The van der Waals surface area contributed by atoms with Gasteiger partial charge in [0.05, 0.1) is 4.92 Å². The van der Waals surface area contributed by atoms with Crippen molar-refractivity contribution in [1.82, 2.24) is 0 Å². The van der Waals surface area contributed by atoms with Gasteiger partial charge < -0.3 is 10.4 Å². The van der Waals surface area contributed by atoms with Crippen molar-refractivity contribution in [1.29, 1.82) is 0 Å². The molecule has 1 aromatic carbocycles. The van der Waals surface area contributed by atoms with E-state index in [9.17, 15) is 14.9 Å². The maximum absolute atomic E-state index is 10.8. The quantitative estimate of drug-likeness (QED) is 0.423. The molecule has 0 amide bonds. The predicted molar refractivity (Wildman–Crippen MR) is 66.7 cm³/mol.